The van der Waals surface area contributed by atoms with E-state index >= 15 is 0 Å². The molecule has 0 spiro atoms. The number of benzene rings is 1. The Bertz CT molecular complexity index is 533. The summed E-state index contributed by atoms with van der Waals surface area (Å²) in [5.74, 6) is 0.773. The number of amides is 1. The van der Waals surface area contributed by atoms with Crippen molar-refractivity contribution in [3.8, 4) is 0 Å². The molecular formula is C17H26N2O2S. The van der Waals surface area contributed by atoms with Gasteiger partial charge in [0.1, 0.15) is 0 Å². The number of nitrogens with one attached hydrogen (secondary N) is 1. The fourth-order valence-corrected chi connectivity index (χ4v) is 4.41. The number of carbonyl (C=O) groups excluding carboxylic acids is 1. The summed E-state index contributed by atoms with van der Waals surface area (Å²) in [6.45, 7) is 1.96. The van der Waals surface area contributed by atoms with Crippen molar-refractivity contribution in [3.05, 3.63) is 29.8 Å². The lowest BCUT2D eigenvalue weighted by atomic mass is 9.94. The minimum absolute atomic E-state index is 0.0659. The molecule has 1 aromatic rings. The first kappa shape index (κ1) is 17.0. The second-order valence-electron chi connectivity index (χ2n) is 5.92. The zero-order chi connectivity index (χ0) is 15.9. The molecule has 1 amide bonds. The van der Waals surface area contributed by atoms with Crippen molar-refractivity contribution in [2.75, 3.05) is 11.5 Å². The van der Waals surface area contributed by atoms with Crippen molar-refractivity contribution in [2.24, 2.45) is 0 Å². The highest BCUT2D eigenvalue weighted by atomic mass is 32.2. The van der Waals surface area contributed by atoms with Gasteiger partial charge in [0.2, 0.25) is 5.91 Å². The van der Waals surface area contributed by atoms with Crippen molar-refractivity contribution in [1.82, 2.24) is 5.32 Å². The number of nitrogens with two attached hydrogens (primary N) is 1. The highest BCUT2D eigenvalue weighted by molar-refractivity contribution is 7.85. The average molecular weight is 322 g/mol. The molecule has 0 aliphatic heterocycles. The molecule has 0 bridgehead atoms. The highest BCUT2D eigenvalue weighted by Gasteiger charge is 2.26. The van der Waals surface area contributed by atoms with Crippen LogP contribution in [0.4, 0.5) is 5.69 Å². The molecule has 122 valence electrons. The summed E-state index contributed by atoms with van der Waals surface area (Å²) < 4.78 is 11.9. The molecule has 1 aliphatic rings. The van der Waals surface area contributed by atoms with E-state index in [9.17, 15) is 9.00 Å². The average Bonchev–Trinajstić information content (AvgIpc) is 2.53. The van der Waals surface area contributed by atoms with Crippen LogP contribution in [0.15, 0.2) is 24.3 Å². The third-order valence-corrected chi connectivity index (χ3v) is 6.06. The number of hydrogen-bond acceptors (Lipinski definition) is 3. The first-order chi connectivity index (χ1) is 10.6. The van der Waals surface area contributed by atoms with Crippen LogP contribution >= 0.6 is 0 Å². The van der Waals surface area contributed by atoms with Gasteiger partial charge in [0, 0.05) is 40.0 Å². The van der Waals surface area contributed by atoms with Crippen LogP contribution in [0.3, 0.4) is 0 Å². The molecule has 4 nitrogen and oxygen atoms in total. The van der Waals surface area contributed by atoms with Gasteiger partial charge in [-0.2, -0.15) is 0 Å². The number of nitrogen functional groups attached to an aromatic ring is 1. The molecule has 3 unspecified atom stereocenters. The summed E-state index contributed by atoms with van der Waals surface area (Å²) in [6, 6.07) is 7.84. The van der Waals surface area contributed by atoms with Crippen LogP contribution < -0.4 is 11.1 Å². The molecule has 22 heavy (non-hydrogen) atoms. The first-order valence-corrected chi connectivity index (χ1v) is 9.48. The molecule has 3 N–H and O–H groups in total. The molecule has 3 atom stereocenters. The van der Waals surface area contributed by atoms with E-state index in [2.05, 4.69) is 5.32 Å². The van der Waals surface area contributed by atoms with Gasteiger partial charge in [0.05, 0.1) is 0 Å². The molecule has 0 saturated heterocycles. The van der Waals surface area contributed by atoms with Gasteiger partial charge in [-0.15, -0.1) is 0 Å². The van der Waals surface area contributed by atoms with Crippen LogP contribution in [0, 0.1) is 0 Å². The summed E-state index contributed by atoms with van der Waals surface area (Å²) in [5.41, 5.74) is 7.65. The van der Waals surface area contributed by atoms with E-state index in [1.807, 2.05) is 31.2 Å². The Balaban J connectivity index is 1.79. The summed E-state index contributed by atoms with van der Waals surface area (Å²) in [7, 11) is -0.753. The molecule has 1 fully saturated rings. The van der Waals surface area contributed by atoms with Gasteiger partial charge in [0.15, 0.2) is 0 Å². The predicted octanol–water partition coefficient (Wildman–Crippen LogP) is 2.40. The van der Waals surface area contributed by atoms with E-state index in [1.165, 1.54) is 0 Å². The largest absolute Gasteiger partial charge is 0.399 e. The lowest BCUT2D eigenvalue weighted by molar-refractivity contribution is -0.121. The number of para-hydroxylation sites is 1. The van der Waals surface area contributed by atoms with Crippen LogP contribution in [0.2, 0.25) is 0 Å². The highest BCUT2D eigenvalue weighted by Crippen LogP contribution is 2.23. The Morgan fingerprint density at radius 3 is 2.86 bits per heavy atom. The van der Waals surface area contributed by atoms with Crippen LogP contribution in [-0.2, 0) is 22.0 Å². The second kappa shape index (κ2) is 8.32. The lowest BCUT2D eigenvalue weighted by Gasteiger charge is -2.29. The maximum atomic E-state index is 12.1. The Kier molecular flexibility index (Phi) is 6.43. The van der Waals surface area contributed by atoms with Gasteiger partial charge < -0.3 is 11.1 Å². The number of carbonyl (C=O) groups is 1. The molecule has 5 heteroatoms. The van der Waals surface area contributed by atoms with Crippen LogP contribution in [0.5, 0.6) is 0 Å². The van der Waals surface area contributed by atoms with Crippen LogP contribution in [-0.4, -0.2) is 27.2 Å². The monoisotopic (exact) mass is 322 g/mol. The summed E-state index contributed by atoms with van der Waals surface area (Å²) in [4.78, 5) is 12.1. The van der Waals surface area contributed by atoms with Crippen LogP contribution in [0.1, 0.15) is 44.6 Å². The van der Waals surface area contributed by atoms with Crippen molar-refractivity contribution >= 4 is 22.4 Å². The lowest BCUT2D eigenvalue weighted by Crippen LogP contribution is -2.41. The van der Waals surface area contributed by atoms with Gasteiger partial charge >= 0.3 is 0 Å². The molecular weight excluding hydrogens is 296 g/mol. The molecule has 0 radical (unpaired) electrons. The van der Waals surface area contributed by atoms with E-state index < -0.39 is 10.8 Å². The van der Waals surface area contributed by atoms with E-state index in [1.54, 1.807) is 0 Å². The van der Waals surface area contributed by atoms with Gasteiger partial charge in [-0.3, -0.25) is 9.00 Å². The fraction of sp³-hybridized carbons (Fsp3) is 0.588. The normalized spacial score (nSPS) is 23.0. The van der Waals surface area contributed by atoms with Crippen molar-refractivity contribution in [2.45, 2.75) is 56.7 Å². The number of aryl methyl sites for hydroxylation is 1. The van der Waals surface area contributed by atoms with Gasteiger partial charge in [-0.1, -0.05) is 31.5 Å². The van der Waals surface area contributed by atoms with Crippen molar-refractivity contribution < 1.29 is 9.00 Å². The maximum Gasteiger partial charge on any atom is 0.220 e. The molecule has 0 aromatic heterocycles. The van der Waals surface area contributed by atoms with Crippen LogP contribution in [0.25, 0.3) is 0 Å². The van der Waals surface area contributed by atoms with Gasteiger partial charge in [-0.05, 0) is 37.3 Å². The molecule has 1 aromatic carbocycles. The number of hydrogen-bond donors (Lipinski definition) is 2. The van der Waals surface area contributed by atoms with Gasteiger partial charge in [-0.25, -0.2) is 0 Å². The second-order valence-corrected chi connectivity index (χ2v) is 7.93. The number of anilines is 1. The SMILES string of the molecule is CCS(=O)C1CCCC(NC(=O)CCc2ccccc2N)C1. The molecule has 0 heterocycles. The van der Waals surface area contributed by atoms with E-state index in [0.717, 1.165) is 36.9 Å². The van der Waals surface area contributed by atoms with Crippen molar-refractivity contribution in [3.63, 3.8) is 0 Å². The van der Waals surface area contributed by atoms with Gasteiger partial charge in [0.25, 0.3) is 0 Å². The minimum Gasteiger partial charge on any atom is -0.399 e. The topological polar surface area (TPSA) is 72.2 Å². The molecule has 2 rings (SSSR count). The molecule has 1 saturated carbocycles. The Labute approximate surface area is 135 Å². The third kappa shape index (κ3) is 4.83. The standard InChI is InChI=1S/C17H26N2O2S/c1-2-22(21)15-8-5-7-14(12-15)19-17(20)11-10-13-6-3-4-9-16(13)18/h3-4,6,9,14-15H,2,5,7-8,10-12,18H2,1H3,(H,19,20). The predicted molar refractivity (Wildman–Crippen MR) is 92.0 cm³/mol. The molecule has 1 aliphatic carbocycles. The summed E-state index contributed by atoms with van der Waals surface area (Å²) in [5, 5.41) is 3.35. The summed E-state index contributed by atoms with van der Waals surface area (Å²) >= 11 is 0. The quantitative estimate of drug-likeness (QED) is 0.790. The third-order valence-electron chi connectivity index (χ3n) is 4.32. The Morgan fingerprint density at radius 1 is 1.36 bits per heavy atom. The maximum absolute atomic E-state index is 12.1. The first-order valence-electron chi connectivity index (χ1n) is 8.10. The Morgan fingerprint density at radius 2 is 2.14 bits per heavy atom. The minimum atomic E-state index is -0.753. The summed E-state index contributed by atoms with van der Waals surface area (Å²) in [6.07, 6.45) is 5.03. The van der Waals surface area contributed by atoms with E-state index in [4.69, 9.17) is 5.73 Å². The van der Waals surface area contributed by atoms with E-state index in [-0.39, 0.29) is 17.2 Å². The zero-order valence-electron chi connectivity index (χ0n) is 13.2. The fourth-order valence-electron chi connectivity index (χ4n) is 3.06. The Hall–Kier alpha value is -1.36. The van der Waals surface area contributed by atoms with E-state index in [0.29, 0.717) is 18.6 Å². The number of rotatable bonds is 6. The zero-order valence-corrected chi connectivity index (χ0v) is 14.0. The smallest absolute Gasteiger partial charge is 0.220 e. The van der Waals surface area contributed by atoms with Crippen molar-refractivity contribution in [1.29, 1.82) is 0 Å².